The van der Waals surface area contributed by atoms with Crippen LogP contribution in [-0.4, -0.2) is 44.7 Å². The van der Waals surface area contributed by atoms with Gasteiger partial charge in [-0.1, -0.05) is 6.07 Å². The SMILES string of the molecule is COc1ccc(CCN2CCNCC2)cc1CF. The van der Waals surface area contributed by atoms with E-state index in [1.807, 2.05) is 18.2 Å². The van der Waals surface area contributed by atoms with E-state index in [1.54, 1.807) is 7.11 Å². The number of methoxy groups -OCH3 is 1. The summed E-state index contributed by atoms with van der Waals surface area (Å²) in [5.74, 6) is 0.642. The fourth-order valence-corrected chi connectivity index (χ4v) is 2.31. The molecule has 0 unspecified atom stereocenters. The summed E-state index contributed by atoms with van der Waals surface area (Å²) in [5.41, 5.74) is 1.83. The van der Waals surface area contributed by atoms with Crippen LogP contribution in [0.2, 0.25) is 0 Å². The maximum atomic E-state index is 12.8. The van der Waals surface area contributed by atoms with Gasteiger partial charge in [0.1, 0.15) is 12.4 Å². The van der Waals surface area contributed by atoms with Crippen LogP contribution < -0.4 is 10.1 Å². The molecule has 1 aromatic rings. The van der Waals surface area contributed by atoms with Crippen LogP contribution in [0.5, 0.6) is 5.75 Å². The maximum Gasteiger partial charge on any atom is 0.124 e. The van der Waals surface area contributed by atoms with Crippen molar-refractivity contribution in [2.45, 2.75) is 13.1 Å². The van der Waals surface area contributed by atoms with E-state index in [0.29, 0.717) is 11.3 Å². The first-order valence-corrected chi connectivity index (χ1v) is 6.48. The highest BCUT2D eigenvalue weighted by Gasteiger charge is 2.10. The molecule has 1 saturated heterocycles. The molecule has 2 rings (SSSR count). The summed E-state index contributed by atoms with van der Waals surface area (Å²) < 4.78 is 18.0. The van der Waals surface area contributed by atoms with Crippen LogP contribution in [-0.2, 0) is 13.1 Å². The Kier molecular flexibility index (Phi) is 4.96. The molecule has 1 heterocycles. The Balaban J connectivity index is 1.92. The Labute approximate surface area is 108 Å². The van der Waals surface area contributed by atoms with Crippen LogP contribution in [0.15, 0.2) is 18.2 Å². The number of rotatable bonds is 5. The lowest BCUT2D eigenvalue weighted by molar-refractivity contribution is 0.244. The fraction of sp³-hybridized carbons (Fsp3) is 0.571. The molecule has 0 aromatic heterocycles. The van der Waals surface area contributed by atoms with Gasteiger partial charge in [-0.3, -0.25) is 0 Å². The molecule has 1 N–H and O–H groups in total. The molecular weight excluding hydrogens is 231 g/mol. The van der Waals surface area contributed by atoms with Crippen molar-refractivity contribution in [3.8, 4) is 5.75 Å². The number of hydrogen-bond acceptors (Lipinski definition) is 3. The van der Waals surface area contributed by atoms with Gasteiger partial charge in [-0.05, 0) is 24.1 Å². The summed E-state index contributed by atoms with van der Waals surface area (Å²) in [7, 11) is 1.58. The molecule has 0 saturated carbocycles. The summed E-state index contributed by atoms with van der Waals surface area (Å²) in [6.07, 6.45) is 0.969. The zero-order chi connectivity index (χ0) is 12.8. The molecule has 1 fully saturated rings. The topological polar surface area (TPSA) is 24.5 Å². The monoisotopic (exact) mass is 252 g/mol. The molecule has 1 aliphatic heterocycles. The third kappa shape index (κ3) is 3.43. The minimum atomic E-state index is -0.468. The minimum Gasteiger partial charge on any atom is -0.496 e. The van der Waals surface area contributed by atoms with Crippen molar-refractivity contribution in [1.29, 1.82) is 0 Å². The normalized spacial score (nSPS) is 16.8. The Bertz CT molecular complexity index is 378. The van der Waals surface area contributed by atoms with Crippen LogP contribution in [0.1, 0.15) is 11.1 Å². The third-order valence-corrected chi connectivity index (χ3v) is 3.42. The van der Waals surface area contributed by atoms with E-state index in [-0.39, 0.29) is 0 Å². The molecular formula is C14H21FN2O. The molecule has 18 heavy (non-hydrogen) atoms. The summed E-state index contributed by atoms with van der Waals surface area (Å²) in [4.78, 5) is 2.44. The van der Waals surface area contributed by atoms with Crippen LogP contribution in [0.4, 0.5) is 4.39 Å². The molecule has 0 atom stereocenters. The molecule has 0 bridgehead atoms. The van der Waals surface area contributed by atoms with E-state index in [1.165, 1.54) is 5.56 Å². The van der Waals surface area contributed by atoms with Gasteiger partial charge in [0.25, 0.3) is 0 Å². The first-order valence-electron chi connectivity index (χ1n) is 6.48. The van der Waals surface area contributed by atoms with Gasteiger partial charge in [-0.15, -0.1) is 0 Å². The highest BCUT2D eigenvalue weighted by atomic mass is 19.1. The second-order valence-corrected chi connectivity index (χ2v) is 4.62. The largest absolute Gasteiger partial charge is 0.496 e. The lowest BCUT2D eigenvalue weighted by Gasteiger charge is -2.27. The van der Waals surface area contributed by atoms with E-state index >= 15 is 0 Å². The molecule has 0 aliphatic carbocycles. The number of nitrogens with zero attached hydrogens (tertiary/aromatic N) is 1. The maximum absolute atomic E-state index is 12.8. The number of piperazine rings is 1. The predicted octanol–water partition coefficient (Wildman–Crippen LogP) is 1.61. The molecule has 0 radical (unpaired) electrons. The zero-order valence-corrected chi connectivity index (χ0v) is 10.9. The number of alkyl halides is 1. The predicted molar refractivity (Wildman–Crippen MR) is 70.8 cm³/mol. The molecule has 0 amide bonds. The van der Waals surface area contributed by atoms with Gasteiger partial charge in [0.05, 0.1) is 7.11 Å². The Morgan fingerprint density at radius 3 is 2.78 bits per heavy atom. The van der Waals surface area contributed by atoms with E-state index in [2.05, 4.69) is 10.2 Å². The van der Waals surface area contributed by atoms with Crippen molar-refractivity contribution in [2.75, 3.05) is 39.8 Å². The van der Waals surface area contributed by atoms with Gasteiger partial charge >= 0.3 is 0 Å². The summed E-state index contributed by atoms with van der Waals surface area (Å²) in [6.45, 7) is 4.92. The van der Waals surface area contributed by atoms with Crippen molar-refractivity contribution in [2.24, 2.45) is 0 Å². The van der Waals surface area contributed by atoms with Gasteiger partial charge in [-0.25, -0.2) is 4.39 Å². The molecule has 3 nitrogen and oxygen atoms in total. The second-order valence-electron chi connectivity index (χ2n) is 4.62. The number of nitrogens with one attached hydrogen (secondary N) is 1. The van der Waals surface area contributed by atoms with Crippen molar-refractivity contribution in [1.82, 2.24) is 10.2 Å². The van der Waals surface area contributed by atoms with Crippen LogP contribution in [0.25, 0.3) is 0 Å². The zero-order valence-electron chi connectivity index (χ0n) is 10.9. The number of halogens is 1. The van der Waals surface area contributed by atoms with Gasteiger partial charge in [0, 0.05) is 38.3 Å². The fourth-order valence-electron chi connectivity index (χ4n) is 2.31. The van der Waals surface area contributed by atoms with Gasteiger partial charge in [0.15, 0.2) is 0 Å². The highest BCUT2D eigenvalue weighted by Crippen LogP contribution is 2.21. The highest BCUT2D eigenvalue weighted by molar-refractivity contribution is 5.37. The van der Waals surface area contributed by atoms with Crippen molar-refractivity contribution >= 4 is 0 Å². The summed E-state index contributed by atoms with van der Waals surface area (Å²) in [6, 6.07) is 5.81. The lowest BCUT2D eigenvalue weighted by atomic mass is 10.1. The quantitative estimate of drug-likeness (QED) is 0.861. The number of ether oxygens (including phenoxy) is 1. The molecule has 1 aromatic carbocycles. The lowest BCUT2D eigenvalue weighted by Crippen LogP contribution is -2.44. The van der Waals surface area contributed by atoms with Gasteiger partial charge < -0.3 is 15.0 Å². The average Bonchev–Trinajstić information content (AvgIpc) is 2.45. The van der Waals surface area contributed by atoms with E-state index in [0.717, 1.165) is 39.1 Å². The Morgan fingerprint density at radius 1 is 1.33 bits per heavy atom. The average molecular weight is 252 g/mol. The van der Waals surface area contributed by atoms with Crippen molar-refractivity contribution < 1.29 is 9.13 Å². The first kappa shape index (κ1) is 13.3. The van der Waals surface area contributed by atoms with E-state index in [9.17, 15) is 4.39 Å². The second kappa shape index (κ2) is 6.71. The number of benzene rings is 1. The van der Waals surface area contributed by atoms with Crippen molar-refractivity contribution in [3.05, 3.63) is 29.3 Å². The van der Waals surface area contributed by atoms with E-state index < -0.39 is 6.67 Å². The van der Waals surface area contributed by atoms with Gasteiger partial charge in [-0.2, -0.15) is 0 Å². The molecule has 1 aliphatic rings. The van der Waals surface area contributed by atoms with E-state index in [4.69, 9.17) is 4.74 Å². The van der Waals surface area contributed by atoms with Crippen LogP contribution in [0.3, 0.4) is 0 Å². The first-order chi connectivity index (χ1) is 8.83. The molecule has 0 spiro atoms. The third-order valence-electron chi connectivity index (χ3n) is 3.42. The number of hydrogen-bond donors (Lipinski definition) is 1. The Morgan fingerprint density at radius 2 is 2.11 bits per heavy atom. The standard InChI is InChI=1S/C14H21FN2O/c1-18-14-3-2-12(10-13(14)11-15)4-7-17-8-5-16-6-9-17/h2-3,10,16H,4-9,11H2,1H3. The molecule has 4 heteroatoms. The van der Waals surface area contributed by atoms with Crippen LogP contribution in [0, 0.1) is 0 Å². The summed E-state index contributed by atoms with van der Waals surface area (Å²) >= 11 is 0. The molecule has 100 valence electrons. The minimum absolute atomic E-state index is 0.468. The van der Waals surface area contributed by atoms with Crippen LogP contribution >= 0.6 is 0 Å². The Hall–Kier alpha value is -1.13. The summed E-state index contributed by atoms with van der Waals surface area (Å²) in [5, 5.41) is 3.34. The van der Waals surface area contributed by atoms with Crippen molar-refractivity contribution in [3.63, 3.8) is 0 Å². The smallest absolute Gasteiger partial charge is 0.124 e. The van der Waals surface area contributed by atoms with Gasteiger partial charge in [0.2, 0.25) is 0 Å².